The molecule has 5 heteroatoms. The van der Waals surface area contributed by atoms with E-state index in [1.54, 1.807) is 19.4 Å². The fraction of sp³-hybridized carbons (Fsp3) is 0.143. The zero-order valence-corrected chi connectivity index (χ0v) is 14.7. The van der Waals surface area contributed by atoms with Gasteiger partial charge in [-0.1, -0.05) is 36.4 Å². The van der Waals surface area contributed by atoms with Crippen LogP contribution in [0.25, 0.3) is 17.0 Å². The molecule has 0 atom stereocenters. The molecule has 0 radical (unpaired) electrons. The highest BCUT2D eigenvalue weighted by molar-refractivity contribution is 5.94. The summed E-state index contributed by atoms with van der Waals surface area (Å²) < 4.78 is 10.9. The Labute approximate surface area is 152 Å². The number of fused-ring (bicyclic) bond motifs is 1. The Balaban J connectivity index is 1.64. The van der Waals surface area contributed by atoms with Crippen molar-refractivity contribution < 1.29 is 14.3 Å². The van der Waals surface area contributed by atoms with Gasteiger partial charge in [0.1, 0.15) is 0 Å². The summed E-state index contributed by atoms with van der Waals surface area (Å²) in [5.74, 6) is 0.843. The van der Waals surface area contributed by atoms with Crippen LogP contribution in [0.3, 0.4) is 0 Å². The molecule has 1 N–H and O–H groups in total. The number of allylic oxidation sites excluding steroid dienone is 1. The van der Waals surface area contributed by atoms with E-state index in [0.29, 0.717) is 17.2 Å². The Morgan fingerprint density at radius 3 is 2.81 bits per heavy atom. The van der Waals surface area contributed by atoms with Gasteiger partial charge in [0.25, 0.3) is 5.91 Å². The number of carbonyl (C=O) groups is 1. The van der Waals surface area contributed by atoms with Gasteiger partial charge in [-0.3, -0.25) is 9.78 Å². The largest absolute Gasteiger partial charge is 0.493 e. The van der Waals surface area contributed by atoms with Crippen LogP contribution in [0.4, 0.5) is 5.69 Å². The second-order valence-corrected chi connectivity index (χ2v) is 5.66. The molecular formula is C21H20N2O3. The first-order valence-corrected chi connectivity index (χ1v) is 8.28. The topological polar surface area (TPSA) is 60.5 Å². The third kappa shape index (κ3) is 4.19. The maximum absolute atomic E-state index is 12.2. The lowest BCUT2D eigenvalue weighted by Crippen LogP contribution is -2.20. The van der Waals surface area contributed by atoms with Gasteiger partial charge in [0.05, 0.1) is 24.5 Å². The van der Waals surface area contributed by atoms with Crippen molar-refractivity contribution in [2.24, 2.45) is 0 Å². The molecule has 0 fully saturated rings. The molecule has 5 nitrogen and oxygen atoms in total. The van der Waals surface area contributed by atoms with Gasteiger partial charge >= 0.3 is 0 Å². The van der Waals surface area contributed by atoms with Crippen LogP contribution in [0.1, 0.15) is 12.5 Å². The minimum atomic E-state index is -0.262. The molecule has 1 heterocycles. The summed E-state index contributed by atoms with van der Waals surface area (Å²) >= 11 is 0. The van der Waals surface area contributed by atoms with Crippen LogP contribution in [0, 0.1) is 0 Å². The molecule has 3 aromatic rings. The van der Waals surface area contributed by atoms with Crippen molar-refractivity contribution in [3.05, 3.63) is 66.4 Å². The zero-order valence-electron chi connectivity index (χ0n) is 14.7. The van der Waals surface area contributed by atoms with E-state index in [9.17, 15) is 4.79 Å². The van der Waals surface area contributed by atoms with Crippen LogP contribution < -0.4 is 14.8 Å². The number of nitrogens with zero attached hydrogens (tertiary/aromatic N) is 1. The fourth-order valence-electron chi connectivity index (χ4n) is 2.58. The number of nitrogens with one attached hydrogen (secondary N) is 1. The summed E-state index contributed by atoms with van der Waals surface area (Å²) in [5, 5.41) is 3.76. The van der Waals surface area contributed by atoms with Crippen LogP contribution in [0.15, 0.2) is 60.8 Å². The van der Waals surface area contributed by atoms with Crippen molar-refractivity contribution in [1.29, 1.82) is 0 Å². The number of aromatic nitrogens is 1. The van der Waals surface area contributed by atoms with Gasteiger partial charge in [0.15, 0.2) is 18.1 Å². The van der Waals surface area contributed by atoms with E-state index in [-0.39, 0.29) is 12.5 Å². The molecule has 26 heavy (non-hydrogen) atoms. The monoisotopic (exact) mass is 348 g/mol. The number of ether oxygens (including phenoxy) is 2. The zero-order chi connectivity index (χ0) is 18.4. The van der Waals surface area contributed by atoms with Gasteiger partial charge < -0.3 is 14.8 Å². The average Bonchev–Trinajstić information content (AvgIpc) is 2.67. The average molecular weight is 348 g/mol. The predicted molar refractivity (Wildman–Crippen MR) is 104 cm³/mol. The number of methoxy groups -OCH3 is 1. The Morgan fingerprint density at radius 1 is 1.15 bits per heavy atom. The molecule has 0 aliphatic heterocycles. The summed E-state index contributed by atoms with van der Waals surface area (Å²) in [4.78, 5) is 16.5. The molecule has 0 bridgehead atoms. The smallest absolute Gasteiger partial charge is 0.262 e. The second kappa shape index (κ2) is 8.16. The minimum Gasteiger partial charge on any atom is -0.493 e. The molecule has 0 saturated carbocycles. The van der Waals surface area contributed by atoms with Gasteiger partial charge in [-0.05, 0) is 36.8 Å². The summed E-state index contributed by atoms with van der Waals surface area (Å²) in [6.07, 6.45) is 5.54. The van der Waals surface area contributed by atoms with Gasteiger partial charge in [-0.25, -0.2) is 0 Å². The van der Waals surface area contributed by atoms with Crippen LogP contribution in [-0.4, -0.2) is 24.6 Å². The lowest BCUT2D eigenvalue weighted by molar-refractivity contribution is -0.118. The third-order valence-corrected chi connectivity index (χ3v) is 3.78. The van der Waals surface area contributed by atoms with Crippen molar-refractivity contribution >= 4 is 28.6 Å². The molecule has 1 aromatic heterocycles. The molecule has 2 aromatic carbocycles. The van der Waals surface area contributed by atoms with E-state index < -0.39 is 0 Å². The van der Waals surface area contributed by atoms with Crippen molar-refractivity contribution in [2.45, 2.75) is 6.92 Å². The van der Waals surface area contributed by atoms with Crippen molar-refractivity contribution in [3.63, 3.8) is 0 Å². The Hall–Kier alpha value is -3.34. The van der Waals surface area contributed by atoms with Crippen LogP contribution in [0.5, 0.6) is 11.5 Å². The molecule has 0 saturated heterocycles. The number of para-hydroxylation sites is 1. The van der Waals surface area contributed by atoms with Crippen LogP contribution in [-0.2, 0) is 4.79 Å². The van der Waals surface area contributed by atoms with Crippen LogP contribution in [0.2, 0.25) is 0 Å². The summed E-state index contributed by atoms with van der Waals surface area (Å²) in [6, 6.07) is 15.2. The summed E-state index contributed by atoms with van der Waals surface area (Å²) in [6.45, 7) is 1.83. The molecule has 0 unspecified atom stereocenters. The standard InChI is InChI=1S/C21H20N2O3/c1-3-6-15-9-10-19(20(11-15)25-2)26-14-21(24)23-17-12-16-7-4-5-8-18(16)22-13-17/h3-13H,14H2,1-2H3,(H,23,24)/b6-3+. The molecule has 0 aliphatic rings. The van der Waals surface area contributed by atoms with E-state index in [4.69, 9.17) is 9.47 Å². The first kappa shape index (κ1) is 17.5. The Kier molecular flexibility index (Phi) is 5.49. The first-order chi connectivity index (χ1) is 12.7. The number of amides is 1. The van der Waals surface area contributed by atoms with Gasteiger partial charge in [0, 0.05) is 5.39 Å². The predicted octanol–water partition coefficient (Wildman–Crippen LogP) is 4.29. The van der Waals surface area contributed by atoms with E-state index >= 15 is 0 Å². The SMILES string of the molecule is C/C=C/c1ccc(OCC(=O)Nc2cnc3ccccc3c2)c(OC)c1. The molecule has 132 valence electrons. The Bertz CT molecular complexity index is 951. The highest BCUT2D eigenvalue weighted by atomic mass is 16.5. The van der Waals surface area contributed by atoms with E-state index in [0.717, 1.165) is 16.5 Å². The molecule has 0 aliphatic carbocycles. The maximum atomic E-state index is 12.2. The highest BCUT2D eigenvalue weighted by Gasteiger charge is 2.09. The Morgan fingerprint density at radius 2 is 2.00 bits per heavy atom. The van der Waals surface area contributed by atoms with E-state index in [1.165, 1.54) is 0 Å². The number of hydrogen-bond donors (Lipinski definition) is 1. The number of rotatable bonds is 6. The fourth-order valence-corrected chi connectivity index (χ4v) is 2.58. The number of carbonyl (C=O) groups excluding carboxylic acids is 1. The van der Waals surface area contributed by atoms with Crippen molar-refractivity contribution in [1.82, 2.24) is 4.98 Å². The minimum absolute atomic E-state index is 0.119. The van der Waals surface area contributed by atoms with Crippen molar-refractivity contribution in [3.8, 4) is 11.5 Å². The molecule has 0 spiro atoms. The summed E-state index contributed by atoms with van der Waals surface area (Å²) in [7, 11) is 1.57. The normalized spacial score (nSPS) is 10.8. The lowest BCUT2D eigenvalue weighted by Gasteiger charge is -2.11. The van der Waals surface area contributed by atoms with Gasteiger partial charge in [-0.2, -0.15) is 0 Å². The van der Waals surface area contributed by atoms with Crippen molar-refractivity contribution in [2.75, 3.05) is 19.0 Å². The second-order valence-electron chi connectivity index (χ2n) is 5.66. The lowest BCUT2D eigenvalue weighted by atomic mass is 10.2. The number of hydrogen-bond acceptors (Lipinski definition) is 4. The number of pyridine rings is 1. The first-order valence-electron chi connectivity index (χ1n) is 8.28. The quantitative estimate of drug-likeness (QED) is 0.722. The molecule has 3 rings (SSSR count). The van der Waals surface area contributed by atoms with E-state index in [1.807, 2.05) is 61.5 Å². The van der Waals surface area contributed by atoms with Gasteiger partial charge in [-0.15, -0.1) is 0 Å². The van der Waals surface area contributed by atoms with Gasteiger partial charge in [0.2, 0.25) is 0 Å². The summed E-state index contributed by atoms with van der Waals surface area (Å²) in [5.41, 5.74) is 2.52. The molecule has 1 amide bonds. The number of benzene rings is 2. The number of anilines is 1. The molecular weight excluding hydrogens is 328 g/mol. The van der Waals surface area contributed by atoms with Crippen LogP contribution >= 0.6 is 0 Å². The third-order valence-electron chi connectivity index (χ3n) is 3.78. The highest BCUT2D eigenvalue weighted by Crippen LogP contribution is 2.28. The van der Waals surface area contributed by atoms with E-state index in [2.05, 4.69) is 10.3 Å². The maximum Gasteiger partial charge on any atom is 0.262 e.